The number of anilines is 2. The molecule has 1 amide bonds. The molecule has 7 nitrogen and oxygen atoms in total. The smallest absolute Gasteiger partial charge is 0.250 e. The van der Waals surface area contributed by atoms with Crippen LogP contribution in [0.15, 0.2) is 42.5 Å². The van der Waals surface area contributed by atoms with Crippen molar-refractivity contribution in [2.75, 3.05) is 56.6 Å². The van der Waals surface area contributed by atoms with Crippen molar-refractivity contribution in [1.82, 2.24) is 14.9 Å². The van der Waals surface area contributed by atoms with Gasteiger partial charge < -0.3 is 20.5 Å². The fourth-order valence-electron chi connectivity index (χ4n) is 3.80. The number of piperazine rings is 1. The number of nitrogens with two attached hydrogens (primary N) is 1. The molecule has 0 radical (unpaired) electrons. The molecule has 3 N–H and O–H groups in total. The number of hydrogen-bond acceptors (Lipinski definition) is 5. The van der Waals surface area contributed by atoms with Crippen molar-refractivity contribution in [2.24, 2.45) is 5.73 Å². The molecule has 1 saturated heterocycles. The zero-order valence-corrected chi connectivity index (χ0v) is 17.1. The predicted octanol–water partition coefficient (Wildman–Crippen LogP) is 2.09. The molecule has 0 unspecified atom stereocenters. The molecule has 0 aliphatic carbocycles. The maximum atomic E-state index is 11.6. The first kappa shape index (κ1) is 19.3. The number of carbonyl (C=O) groups excluding carboxylic acids is 1. The van der Waals surface area contributed by atoms with Gasteiger partial charge in [0.25, 0.3) is 5.91 Å². The van der Waals surface area contributed by atoms with Crippen LogP contribution in [0.3, 0.4) is 0 Å². The van der Waals surface area contributed by atoms with Gasteiger partial charge in [0, 0.05) is 52.5 Å². The molecule has 0 atom stereocenters. The second kappa shape index (κ2) is 8.13. The van der Waals surface area contributed by atoms with Crippen LogP contribution in [-0.2, 0) is 6.42 Å². The van der Waals surface area contributed by atoms with Gasteiger partial charge in [0.1, 0.15) is 5.52 Å². The van der Waals surface area contributed by atoms with E-state index in [4.69, 9.17) is 5.73 Å². The first-order chi connectivity index (χ1) is 14.0. The van der Waals surface area contributed by atoms with Crippen LogP contribution in [0.1, 0.15) is 15.9 Å². The number of aromatic amines is 1. The molecule has 7 heteroatoms. The Morgan fingerprint density at radius 1 is 1.10 bits per heavy atom. The van der Waals surface area contributed by atoms with E-state index in [-0.39, 0.29) is 0 Å². The summed E-state index contributed by atoms with van der Waals surface area (Å²) in [5, 5.41) is 0. The molecule has 3 aromatic rings. The predicted molar refractivity (Wildman–Crippen MR) is 118 cm³/mol. The lowest BCUT2D eigenvalue weighted by atomic mass is 10.1. The van der Waals surface area contributed by atoms with Crippen molar-refractivity contribution in [2.45, 2.75) is 6.42 Å². The standard InChI is InChI=1S/C22H28N6O/c1-26(2)17-8-6-16(7-9-17)10-11-27-12-14-28(15-13-27)22-24-19-5-3-4-18(21(23)29)20(19)25-22/h3-9H,10-15H2,1-2H3,(H2,23,29)(H,24,25). The average Bonchev–Trinajstić information content (AvgIpc) is 3.17. The van der Waals surface area contributed by atoms with Gasteiger partial charge in [0.05, 0.1) is 11.1 Å². The third-order valence-corrected chi connectivity index (χ3v) is 5.61. The summed E-state index contributed by atoms with van der Waals surface area (Å²) in [5.41, 5.74) is 10.0. The van der Waals surface area contributed by atoms with Crippen LogP contribution >= 0.6 is 0 Å². The molecule has 0 spiro atoms. The summed E-state index contributed by atoms with van der Waals surface area (Å²) < 4.78 is 0. The topological polar surface area (TPSA) is 81.5 Å². The normalized spacial score (nSPS) is 15.0. The number of amides is 1. The van der Waals surface area contributed by atoms with E-state index in [0.717, 1.165) is 50.6 Å². The molecule has 0 bridgehead atoms. The fraction of sp³-hybridized carbons (Fsp3) is 0.364. The minimum Gasteiger partial charge on any atom is -0.378 e. The van der Waals surface area contributed by atoms with Gasteiger partial charge in [-0.2, -0.15) is 0 Å². The monoisotopic (exact) mass is 392 g/mol. The number of benzene rings is 2. The van der Waals surface area contributed by atoms with Gasteiger partial charge in [-0.1, -0.05) is 18.2 Å². The molecule has 29 heavy (non-hydrogen) atoms. The molecule has 152 valence electrons. The second-order valence-corrected chi connectivity index (χ2v) is 7.77. The molecule has 2 heterocycles. The van der Waals surface area contributed by atoms with E-state index in [1.807, 2.05) is 12.1 Å². The lowest BCUT2D eigenvalue weighted by molar-refractivity contribution is 0.100. The van der Waals surface area contributed by atoms with Crippen LogP contribution in [-0.4, -0.2) is 67.6 Å². The highest BCUT2D eigenvalue weighted by Crippen LogP contribution is 2.22. The van der Waals surface area contributed by atoms with Crippen molar-refractivity contribution in [3.63, 3.8) is 0 Å². The lowest BCUT2D eigenvalue weighted by Gasteiger charge is -2.34. The Balaban J connectivity index is 1.34. The van der Waals surface area contributed by atoms with Crippen LogP contribution in [0.2, 0.25) is 0 Å². The van der Waals surface area contributed by atoms with Gasteiger partial charge in [0.2, 0.25) is 5.95 Å². The highest BCUT2D eigenvalue weighted by molar-refractivity contribution is 6.04. The van der Waals surface area contributed by atoms with Crippen molar-refractivity contribution < 1.29 is 4.79 Å². The molecule has 4 rings (SSSR count). The van der Waals surface area contributed by atoms with Crippen molar-refractivity contribution >= 4 is 28.6 Å². The summed E-state index contributed by atoms with van der Waals surface area (Å²) in [6.07, 6.45) is 1.06. The van der Waals surface area contributed by atoms with Crippen LogP contribution < -0.4 is 15.5 Å². The Morgan fingerprint density at radius 2 is 1.83 bits per heavy atom. The zero-order valence-electron chi connectivity index (χ0n) is 17.1. The lowest BCUT2D eigenvalue weighted by Crippen LogP contribution is -2.47. The summed E-state index contributed by atoms with van der Waals surface area (Å²) in [7, 11) is 4.12. The molecular formula is C22H28N6O. The summed E-state index contributed by atoms with van der Waals surface area (Å²) >= 11 is 0. The van der Waals surface area contributed by atoms with E-state index in [0.29, 0.717) is 11.1 Å². The van der Waals surface area contributed by atoms with Crippen LogP contribution in [0.25, 0.3) is 11.0 Å². The number of primary amides is 1. The summed E-state index contributed by atoms with van der Waals surface area (Å²) in [6.45, 7) is 4.86. The van der Waals surface area contributed by atoms with E-state index in [9.17, 15) is 4.79 Å². The minimum atomic E-state index is -0.447. The molecule has 1 aliphatic rings. The average molecular weight is 393 g/mol. The SMILES string of the molecule is CN(C)c1ccc(CCN2CCN(c3nc4c(C(N)=O)cccc4[nH]3)CC2)cc1. The first-order valence-electron chi connectivity index (χ1n) is 10.0. The van der Waals surface area contributed by atoms with Crippen molar-refractivity contribution in [3.8, 4) is 0 Å². The minimum absolute atomic E-state index is 0.447. The summed E-state index contributed by atoms with van der Waals surface area (Å²) in [4.78, 5) is 26.5. The quantitative estimate of drug-likeness (QED) is 0.671. The first-order valence-corrected chi connectivity index (χ1v) is 10.0. The Morgan fingerprint density at radius 3 is 2.48 bits per heavy atom. The van der Waals surface area contributed by atoms with E-state index in [1.54, 1.807) is 6.07 Å². The molecule has 0 saturated carbocycles. The Bertz CT molecular complexity index is 986. The fourth-order valence-corrected chi connectivity index (χ4v) is 3.80. The Kier molecular flexibility index (Phi) is 5.40. The molecule has 1 fully saturated rings. The number of nitrogens with one attached hydrogen (secondary N) is 1. The van der Waals surface area contributed by atoms with E-state index in [2.05, 4.69) is 63.0 Å². The van der Waals surface area contributed by atoms with Gasteiger partial charge in [0.15, 0.2) is 0 Å². The molecule has 1 aliphatic heterocycles. The number of para-hydroxylation sites is 1. The van der Waals surface area contributed by atoms with E-state index < -0.39 is 5.91 Å². The van der Waals surface area contributed by atoms with Crippen LogP contribution in [0.5, 0.6) is 0 Å². The Labute approximate surface area is 171 Å². The number of hydrogen-bond donors (Lipinski definition) is 2. The summed E-state index contributed by atoms with van der Waals surface area (Å²) in [5.74, 6) is 0.365. The maximum Gasteiger partial charge on any atom is 0.250 e. The number of H-pyrrole nitrogens is 1. The largest absolute Gasteiger partial charge is 0.378 e. The third kappa shape index (κ3) is 4.19. The highest BCUT2D eigenvalue weighted by Gasteiger charge is 2.20. The number of fused-ring (bicyclic) bond motifs is 1. The van der Waals surface area contributed by atoms with Crippen LogP contribution in [0, 0.1) is 0 Å². The van der Waals surface area contributed by atoms with Crippen molar-refractivity contribution in [3.05, 3.63) is 53.6 Å². The van der Waals surface area contributed by atoms with Crippen LogP contribution in [0.4, 0.5) is 11.6 Å². The number of nitrogens with zero attached hydrogens (tertiary/aromatic N) is 4. The number of aromatic nitrogens is 2. The third-order valence-electron chi connectivity index (χ3n) is 5.61. The van der Waals surface area contributed by atoms with Gasteiger partial charge in [-0.05, 0) is 36.2 Å². The zero-order chi connectivity index (χ0) is 20.4. The number of imidazole rings is 1. The van der Waals surface area contributed by atoms with E-state index in [1.165, 1.54) is 11.3 Å². The highest BCUT2D eigenvalue weighted by atomic mass is 16.1. The van der Waals surface area contributed by atoms with E-state index >= 15 is 0 Å². The Hall–Kier alpha value is -3.06. The second-order valence-electron chi connectivity index (χ2n) is 7.77. The van der Waals surface area contributed by atoms with Crippen molar-refractivity contribution in [1.29, 1.82) is 0 Å². The molecule has 2 aromatic carbocycles. The van der Waals surface area contributed by atoms with Gasteiger partial charge in [-0.3, -0.25) is 9.69 Å². The molecular weight excluding hydrogens is 364 g/mol. The number of rotatable bonds is 6. The maximum absolute atomic E-state index is 11.6. The van der Waals surface area contributed by atoms with Gasteiger partial charge in [-0.15, -0.1) is 0 Å². The number of carbonyl (C=O) groups is 1. The van der Waals surface area contributed by atoms with Gasteiger partial charge >= 0.3 is 0 Å². The summed E-state index contributed by atoms with van der Waals surface area (Å²) in [6, 6.07) is 14.3. The van der Waals surface area contributed by atoms with Gasteiger partial charge in [-0.25, -0.2) is 4.98 Å². The molecule has 1 aromatic heterocycles.